The number of aromatic amines is 1. The third kappa shape index (κ3) is 7.93. The fourth-order valence-electron chi connectivity index (χ4n) is 2.91. The van der Waals surface area contributed by atoms with E-state index in [9.17, 15) is 9.59 Å². The van der Waals surface area contributed by atoms with E-state index in [0.717, 1.165) is 29.9 Å². The van der Waals surface area contributed by atoms with E-state index in [2.05, 4.69) is 39.2 Å². The number of amides is 2. The van der Waals surface area contributed by atoms with Crippen LogP contribution in [0.4, 0.5) is 11.5 Å². The largest absolute Gasteiger partial charge is 0.359 e. The number of likely N-dealkylation sites (N-methyl/N-ethyl adjacent to an activating group) is 2. The summed E-state index contributed by atoms with van der Waals surface area (Å²) in [5.41, 5.74) is 2.21. The molecule has 0 bridgehead atoms. The quantitative estimate of drug-likeness (QED) is 0.465. The van der Waals surface area contributed by atoms with Crippen molar-refractivity contribution in [2.45, 2.75) is 13.3 Å². The van der Waals surface area contributed by atoms with Crippen molar-refractivity contribution in [3.8, 4) is 11.8 Å². The molecule has 0 unspecified atom stereocenters. The standard InChI is InChI=1S/C24H32N6O2/c1-6-14-29(4)24-20(17-25-27-24)13-12-19-9-7-10-21(16-19)26-22(31)18-30(5)23(32)11-8-15-28(2)3/h7-11,16-17H,6,14-15,18H2,1-5H3,(H,25,27)(H,26,31)/b11-8+. The van der Waals surface area contributed by atoms with Crippen LogP contribution in [0.5, 0.6) is 0 Å². The van der Waals surface area contributed by atoms with Crippen LogP contribution in [-0.2, 0) is 9.59 Å². The van der Waals surface area contributed by atoms with E-state index in [0.29, 0.717) is 12.2 Å². The van der Waals surface area contributed by atoms with Crippen molar-refractivity contribution in [3.63, 3.8) is 0 Å². The number of rotatable bonds is 9. The van der Waals surface area contributed by atoms with Crippen LogP contribution in [0.3, 0.4) is 0 Å². The molecule has 1 heterocycles. The summed E-state index contributed by atoms with van der Waals surface area (Å²) in [5.74, 6) is 6.66. The molecule has 170 valence electrons. The molecule has 2 aromatic rings. The Morgan fingerprint density at radius 1 is 1.19 bits per heavy atom. The molecule has 0 saturated carbocycles. The van der Waals surface area contributed by atoms with Crippen molar-refractivity contribution >= 4 is 23.3 Å². The van der Waals surface area contributed by atoms with Crippen LogP contribution in [0.25, 0.3) is 0 Å². The molecule has 2 amide bonds. The van der Waals surface area contributed by atoms with Gasteiger partial charge in [-0.3, -0.25) is 14.7 Å². The van der Waals surface area contributed by atoms with Gasteiger partial charge < -0.3 is 20.0 Å². The van der Waals surface area contributed by atoms with Gasteiger partial charge in [0.15, 0.2) is 0 Å². The maximum Gasteiger partial charge on any atom is 0.246 e. The Labute approximate surface area is 190 Å². The highest BCUT2D eigenvalue weighted by atomic mass is 16.2. The second kappa shape index (κ2) is 12.3. The zero-order valence-electron chi connectivity index (χ0n) is 19.5. The lowest BCUT2D eigenvalue weighted by Crippen LogP contribution is -2.34. The van der Waals surface area contributed by atoms with Crippen molar-refractivity contribution in [1.29, 1.82) is 0 Å². The maximum absolute atomic E-state index is 12.4. The second-order valence-corrected chi connectivity index (χ2v) is 7.79. The lowest BCUT2D eigenvalue weighted by atomic mass is 10.2. The van der Waals surface area contributed by atoms with Crippen LogP contribution in [0.1, 0.15) is 24.5 Å². The van der Waals surface area contributed by atoms with E-state index in [1.165, 1.54) is 11.0 Å². The number of nitrogens with one attached hydrogen (secondary N) is 2. The molecule has 2 rings (SSSR count). The monoisotopic (exact) mass is 436 g/mol. The minimum absolute atomic E-state index is 0.0385. The van der Waals surface area contributed by atoms with E-state index in [1.807, 2.05) is 38.2 Å². The van der Waals surface area contributed by atoms with Crippen LogP contribution in [-0.4, -0.2) is 79.6 Å². The van der Waals surface area contributed by atoms with Crippen LogP contribution < -0.4 is 10.2 Å². The Morgan fingerprint density at radius 2 is 1.97 bits per heavy atom. The number of benzene rings is 1. The van der Waals surface area contributed by atoms with Gasteiger partial charge in [0.05, 0.1) is 18.3 Å². The maximum atomic E-state index is 12.4. The Morgan fingerprint density at radius 3 is 2.69 bits per heavy atom. The van der Waals surface area contributed by atoms with Crippen LogP contribution >= 0.6 is 0 Å². The molecule has 8 heteroatoms. The van der Waals surface area contributed by atoms with Crippen molar-refractivity contribution in [2.24, 2.45) is 0 Å². The summed E-state index contributed by atoms with van der Waals surface area (Å²) in [7, 11) is 7.44. The first kappa shape index (κ1) is 24.7. The lowest BCUT2D eigenvalue weighted by molar-refractivity contribution is -0.129. The minimum Gasteiger partial charge on any atom is -0.359 e. The third-order valence-corrected chi connectivity index (χ3v) is 4.54. The Hall–Kier alpha value is -3.57. The second-order valence-electron chi connectivity index (χ2n) is 7.79. The smallest absolute Gasteiger partial charge is 0.246 e. The number of carbonyl (C=O) groups excluding carboxylic acids is 2. The highest BCUT2D eigenvalue weighted by molar-refractivity contribution is 5.96. The van der Waals surface area contributed by atoms with Gasteiger partial charge in [-0.05, 0) is 38.7 Å². The first-order valence-corrected chi connectivity index (χ1v) is 10.5. The Bertz CT molecular complexity index is 999. The minimum atomic E-state index is -0.273. The van der Waals surface area contributed by atoms with Crippen molar-refractivity contribution in [1.82, 2.24) is 20.0 Å². The number of nitrogens with zero attached hydrogens (tertiary/aromatic N) is 4. The number of hydrogen-bond acceptors (Lipinski definition) is 5. The average Bonchev–Trinajstić information content (AvgIpc) is 3.21. The lowest BCUT2D eigenvalue weighted by Gasteiger charge is -2.15. The highest BCUT2D eigenvalue weighted by Gasteiger charge is 2.11. The van der Waals surface area contributed by atoms with Gasteiger partial charge in [-0.25, -0.2) is 0 Å². The molecule has 32 heavy (non-hydrogen) atoms. The number of H-pyrrole nitrogens is 1. The SMILES string of the molecule is CCCN(C)c1[nH]ncc1C#Cc1cccc(NC(=O)CN(C)C(=O)/C=C/CN(C)C)c1. The van der Waals surface area contributed by atoms with Gasteiger partial charge in [0.1, 0.15) is 5.82 Å². The predicted octanol–water partition coefficient (Wildman–Crippen LogP) is 2.17. The molecule has 1 aromatic carbocycles. The summed E-state index contributed by atoms with van der Waals surface area (Å²) in [6, 6.07) is 7.31. The average molecular weight is 437 g/mol. The molecule has 1 aromatic heterocycles. The molecule has 0 radical (unpaired) electrons. The summed E-state index contributed by atoms with van der Waals surface area (Å²) in [6.45, 7) is 3.65. The van der Waals surface area contributed by atoms with E-state index < -0.39 is 0 Å². The molecule has 8 nitrogen and oxygen atoms in total. The summed E-state index contributed by atoms with van der Waals surface area (Å²) in [4.78, 5) is 29.9. The van der Waals surface area contributed by atoms with E-state index in [4.69, 9.17) is 0 Å². The summed E-state index contributed by atoms with van der Waals surface area (Å²) in [5, 5.41) is 9.91. The molecule has 0 aliphatic carbocycles. The third-order valence-electron chi connectivity index (χ3n) is 4.54. The molecule has 0 atom stereocenters. The van der Waals surface area contributed by atoms with Crippen molar-refractivity contribution in [2.75, 3.05) is 58.0 Å². The van der Waals surface area contributed by atoms with Gasteiger partial charge in [0.25, 0.3) is 0 Å². The molecule has 2 N–H and O–H groups in total. The molecule has 0 aliphatic rings. The topological polar surface area (TPSA) is 84.6 Å². The fourth-order valence-corrected chi connectivity index (χ4v) is 2.91. The summed E-state index contributed by atoms with van der Waals surface area (Å²) in [6.07, 6.45) is 5.98. The van der Waals surface area contributed by atoms with Gasteiger partial charge >= 0.3 is 0 Å². The van der Waals surface area contributed by atoms with Crippen LogP contribution in [0.2, 0.25) is 0 Å². The number of anilines is 2. The van der Waals surface area contributed by atoms with E-state index in [-0.39, 0.29) is 18.4 Å². The Kier molecular flexibility index (Phi) is 9.51. The van der Waals surface area contributed by atoms with Gasteiger partial charge in [-0.15, -0.1) is 0 Å². The molecule has 0 fully saturated rings. The van der Waals surface area contributed by atoms with Crippen molar-refractivity contribution < 1.29 is 9.59 Å². The molecule has 0 aliphatic heterocycles. The number of aromatic nitrogens is 2. The van der Waals surface area contributed by atoms with E-state index >= 15 is 0 Å². The molecule has 0 saturated heterocycles. The number of hydrogen-bond donors (Lipinski definition) is 2. The van der Waals surface area contributed by atoms with Gasteiger partial charge in [0, 0.05) is 44.5 Å². The number of carbonyl (C=O) groups is 2. The summed E-state index contributed by atoms with van der Waals surface area (Å²) < 4.78 is 0. The first-order valence-electron chi connectivity index (χ1n) is 10.5. The van der Waals surface area contributed by atoms with Gasteiger partial charge in [-0.2, -0.15) is 5.10 Å². The van der Waals surface area contributed by atoms with Crippen LogP contribution in [0.15, 0.2) is 42.6 Å². The van der Waals surface area contributed by atoms with Crippen LogP contribution in [0, 0.1) is 11.8 Å². The van der Waals surface area contributed by atoms with Gasteiger partial charge in [-0.1, -0.05) is 30.9 Å². The summed E-state index contributed by atoms with van der Waals surface area (Å²) >= 11 is 0. The predicted molar refractivity (Wildman–Crippen MR) is 129 cm³/mol. The molecular weight excluding hydrogens is 404 g/mol. The van der Waals surface area contributed by atoms with E-state index in [1.54, 1.807) is 31.5 Å². The molecular formula is C24H32N6O2. The zero-order valence-corrected chi connectivity index (χ0v) is 19.5. The highest BCUT2D eigenvalue weighted by Crippen LogP contribution is 2.15. The zero-order chi connectivity index (χ0) is 23.5. The fraction of sp³-hybridized carbons (Fsp3) is 0.375. The molecule has 0 spiro atoms. The normalized spacial score (nSPS) is 10.7. The van der Waals surface area contributed by atoms with Crippen molar-refractivity contribution in [3.05, 3.63) is 53.7 Å². The Balaban J connectivity index is 1.99. The van der Waals surface area contributed by atoms with Gasteiger partial charge in [0.2, 0.25) is 11.8 Å². The first-order chi connectivity index (χ1) is 15.3.